The summed E-state index contributed by atoms with van der Waals surface area (Å²) in [5.41, 5.74) is 0. The molecule has 1 atom stereocenters. The third-order valence-corrected chi connectivity index (χ3v) is 15.9. The first-order valence-corrected chi connectivity index (χ1v) is 35.9. The third kappa shape index (κ3) is 67.6. The maximum absolute atomic E-state index is 13.0. The summed E-state index contributed by atoms with van der Waals surface area (Å²) in [6.07, 6.45) is 92.2. The molecular formula is C76H136O6. The van der Waals surface area contributed by atoms with Crippen LogP contribution in [0.1, 0.15) is 374 Å². The van der Waals surface area contributed by atoms with E-state index in [-0.39, 0.29) is 31.1 Å². The lowest BCUT2D eigenvalue weighted by atomic mass is 10.0. The average molecular weight is 1150 g/mol. The highest BCUT2D eigenvalue weighted by Gasteiger charge is 2.19. The van der Waals surface area contributed by atoms with Crippen molar-refractivity contribution in [3.63, 3.8) is 0 Å². The van der Waals surface area contributed by atoms with Crippen LogP contribution in [0.3, 0.4) is 0 Å². The Kier molecular flexibility index (Phi) is 67.6. The van der Waals surface area contributed by atoms with Gasteiger partial charge in [-0.15, -0.1) is 0 Å². The van der Waals surface area contributed by atoms with Crippen molar-refractivity contribution in [3.05, 3.63) is 72.9 Å². The number of allylic oxidation sites excluding steroid dienone is 12. The van der Waals surface area contributed by atoms with Crippen molar-refractivity contribution in [2.45, 2.75) is 380 Å². The second-order valence-corrected chi connectivity index (χ2v) is 24.1. The first-order valence-electron chi connectivity index (χ1n) is 35.9. The Morgan fingerprint density at radius 1 is 0.256 bits per heavy atom. The highest BCUT2D eigenvalue weighted by molar-refractivity contribution is 5.71. The fourth-order valence-electron chi connectivity index (χ4n) is 10.5. The Morgan fingerprint density at radius 2 is 0.476 bits per heavy atom. The Hall–Kier alpha value is -3.15. The molecule has 0 rings (SSSR count). The fraction of sp³-hybridized carbons (Fsp3) is 0.803. The Balaban J connectivity index is 4.28. The van der Waals surface area contributed by atoms with Gasteiger partial charge in [-0.25, -0.2) is 0 Å². The summed E-state index contributed by atoms with van der Waals surface area (Å²) in [4.78, 5) is 38.5. The summed E-state index contributed by atoms with van der Waals surface area (Å²) < 4.78 is 17.0. The van der Waals surface area contributed by atoms with E-state index in [4.69, 9.17) is 14.2 Å². The van der Waals surface area contributed by atoms with Gasteiger partial charge in [0.15, 0.2) is 6.10 Å². The lowest BCUT2D eigenvalue weighted by molar-refractivity contribution is -0.167. The maximum atomic E-state index is 13.0. The number of ether oxygens (including phenoxy) is 3. The van der Waals surface area contributed by atoms with Crippen molar-refractivity contribution in [2.75, 3.05) is 13.2 Å². The van der Waals surface area contributed by atoms with Gasteiger partial charge < -0.3 is 14.2 Å². The first-order chi connectivity index (χ1) is 40.5. The summed E-state index contributed by atoms with van der Waals surface area (Å²) in [5, 5.41) is 0. The quantitative estimate of drug-likeness (QED) is 0.0261. The zero-order valence-electron chi connectivity index (χ0n) is 54.8. The van der Waals surface area contributed by atoms with E-state index in [2.05, 4.69) is 93.7 Å². The minimum absolute atomic E-state index is 0.0759. The van der Waals surface area contributed by atoms with Crippen molar-refractivity contribution >= 4 is 17.9 Å². The van der Waals surface area contributed by atoms with E-state index < -0.39 is 6.10 Å². The molecule has 82 heavy (non-hydrogen) atoms. The van der Waals surface area contributed by atoms with Gasteiger partial charge in [-0.1, -0.05) is 318 Å². The molecular weight excluding hydrogens is 1010 g/mol. The van der Waals surface area contributed by atoms with Crippen molar-refractivity contribution in [2.24, 2.45) is 0 Å². The Morgan fingerprint density at radius 3 is 0.756 bits per heavy atom. The molecule has 0 aromatic carbocycles. The van der Waals surface area contributed by atoms with Gasteiger partial charge in [0.05, 0.1) is 0 Å². The summed E-state index contributed by atoms with van der Waals surface area (Å²) in [5.74, 6) is -0.865. The monoisotopic (exact) mass is 1150 g/mol. The molecule has 0 aliphatic carbocycles. The molecule has 0 aromatic rings. The molecule has 0 spiro atoms. The van der Waals surface area contributed by atoms with Gasteiger partial charge >= 0.3 is 17.9 Å². The molecule has 0 aliphatic rings. The SMILES string of the molecule is CC/C=C\C/C=C\C/C=C\C/C=C\CCCCCCCCCCCCCCC(=O)OCC(COC(=O)CCCCCCC/C=C\CCCCCCC)OC(=O)CCCCCCCCCCCCCCC/C=C\CCCCCCCCCC. The molecule has 476 valence electrons. The number of carbonyl (C=O) groups is 3. The van der Waals surface area contributed by atoms with E-state index >= 15 is 0 Å². The third-order valence-electron chi connectivity index (χ3n) is 15.9. The van der Waals surface area contributed by atoms with Crippen molar-refractivity contribution < 1.29 is 28.6 Å². The number of rotatable bonds is 66. The van der Waals surface area contributed by atoms with Gasteiger partial charge in [-0.2, -0.15) is 0 Å². The molecule has 0 heterocycles. The highest BCUT2D eigenvalue weighted by Crippen LogP contribution is 2.18. The van der Waals surface area contributed by atoms with Crippen molar-refractivity contribution in [3.8, 4) is 0 Å². The van der Waals surface area contributed by atoms with E-state index in [9.17, 15) is 14.4 Å². The van der Waals surface area contributed by atoms with Crippen LogP contribution in [-0.4, -0.2) is 37.2 Å². The van der Waals surface area contributed by atoms with Gasteiger partial charge in [0.25, 0.3) is 0 Å². The minimum atomic E-state index is -0.780. The van der Waals surface area contributed by atoms with Crippen LogP contribution in [0.2, 0.25) is 0 Å². The molecule has 1 unspecified atom stereocenters. The Bertz CT molecular complexity index is 1500. The number of hydrogen-bond donors (Lipinski definition) is 0. The molecule has 0 N–H and O–H groups in total. The van der Waals surface area contributed by atoms with Crippen LogP contribution in [0.25, 0.3) is 0 Å². The number of unbranched alkanes of at least 4 members (excludes halogenated alkanes) is 43. The molecule has 6 nitrogen and oxygen atoms in total. The molecule has 0 aromatic heterocycles. The van der Waals surface area contributed by atoms with Gasteiger partial charge in [-0.05, 0) is 109 Å². The highest BCUT2D eigenvalue weighted by atomic mass is 16.6. The predicted molar refractivity (Wildman–Crippen MR) is 358 cm³/mol. The number of carbonyl (C=O) groups excluding carboxylic acids is 3. The average Bonchev–Trinajstić information content (AvgIpc) is 3.47. The Labute approximate surface area is 510 Å². The number of esters is 3. The predicted octanol–water partition coefficient (Wildman–Crippen LogP) is 24.8. The standard InChI is InChI=1S/C76H136O6/c1-4-7-10-13-16-19-22-25-28-30-32-34-36-38-40-42-44-46-48-51-54-57-60-63-66-69-75(78)81-72-73(71-80-74(77)68-65-62-59-56-53-50-27-24-21-18-15-12-9-6-3)82-76(79)70-67-64-61-58-55-52-49-47-45-43-41-39-37-35-33-31-29-26-23-20-17-14-11-8-5-2/h7,10,16,19,24-25,27-28,31-34,73H,4-6,8-9,11-15,17-18,20-23,26,29-30,35-72H2,1-3H3/b10-7-,19-16-,27-24-,28-25-,33-31-,34-32-. The summed E-state index contributed by atoms with van der Waals surface area (Å²) in [6.45, 7) is 6.57. The van der Waals surface area contributed by atoms with E-state index in [1.54, 1.807) is 0 Å². The first kappa shape index (κ1) is 78.8. The fourth-order valence-corrected chi connectivity index (χ4v) is 10.5. The largest absolute Gasteiger partial charge is 0.462 e. The molecule has 0 saturated heterocycles. The second kappa shape index (κ2) is 70.3. The van der Waals surface area contributed by atoms with Gasteiger partial charge in [0, 0.05) is 19.3 Å². The molecule has 0 amide bonds. The summed E-state index contributed by atoms with van der Waals surface area (Å²) in [7, 11) is 0. The zero-order chi connectivity index (χ0) is 59.2. The minimum Gasteiger partial charge on any atom is -0.462 e. The van der Waals surface area contributed by atoms with Gasteiger partial charge in [0.1, 0.15) is 13.2 Å². The smallest absolute Gasteiger partial charge is 0.306 e. The molecule has 0 radical (unpaired) electrons. The van der Waals surface area contributed by atoms with Crippen LogP contribution >= 0.6 is 0 Å². The van der Waals surface area contributed by atoms with Crippen LogP contribution in [0.4, 0.5) is 0 Å². The molecule has 6 heteroatoms. The topological polar surface area (TPSA) is 78.9 Å². The van der Waals surface area contributed by atoms with Crippen LogP contribution in [0, 0.1) is 0 Å². The zero-order valence-corrected chi connectivity index (χ0v) is 54.8. The van der Waals surface area contributed by atoms with Crippen molar-refractivity contribution in [1.29, 1.82) is 0 Å². The van der Waals surface area contributed by atoms with Crippen LogP contribution in [0.15, 0.2) is 72.9 Å². The molecule has 0 aliphatic heterocycles. The number of hydrogen-bond acceptors (Lipinski definition) is 6. The van der Waals surface area contributed by atoms with Crippen LogP contribution < -0.4 is 0 Å². The lowest BCUT2D eigenvalue weighted by Gasteiger charge is -2.18. The maximum Gasteiger partial charge on any atom is 0.306 e. The molecule has 0 fully saturated rings. The van der Waals surface area contributed by atoms with E-state index in [0.717, 1.165) is 89.9 Å². The van der Waals surface area contributed by atoms with Gasteiger partial charge in [0.2, 0.25) is 0 Å². The van der Waals surface area contributed by atoms with Crippen LogP contribution in [-0.2, 0) is 28.6 Å². The van der Waals surface area contributed by atoms with E-state index in [1.165, 1.54) is 244 Å². The molecule has 0 bridgehead atoms. The second-order valence-electron chi connectivity index (χ2n) is 24.1. The van der Waals surface area contributed by atoms with E-state index in [1.807, 2.05) is 0 Å². The van der Waals surface area contributed by atoms with Crippen molar-refractivity contribution in [1.82, 2.24) is 0 Å². The molecule has 0 saturated carbocycles. The summed E-state index contributed by atoms with van der Waals surface area (Å²) in [6, 6.07) is 0. The van der Waals surface area contributed by atoms with Crippen LogP contribution in [0.5, 0.6) is 0 Å². The summed E-state index contributed by atoms with van der Waals surface area (Å²) >= 11 is 0. The normalized spacial score (nSPS) is 12.5. The van der Waals surface area contributed by atoms with Gasteiger partial charge in [-0.3, -0.25) is 14.4 Å². The van der Waals surface area contributed by atoms with E-state index in [0.29, 0.717) is 19.3 Å². The lowest BCUT2D eigenvalue weighted by Crippen LogP contribution is -2.30.